The van der Waals surface area contributed by atoms with Crippen LogP contribution in [0.2, 0.25) is 0 Å². The maximum atomic E-state index is 14.4. The van der Waals surface area contributed by atoms with Crippen molar-refractivity contribution in [3.63, 3.8) is 0 Å². The lowest BCUT2D eigenvalue weighted by molar-refractivity contribution is -0.138. The van der Waals surface area contributed by atoms with E-state index in [2.05, 4.69) is 14.8 Å². The van der Waals surface area contributed by atoms with E-state index in [0.717, 1.165) is 32.0 Å². The summed E-state index contributed by atoms with van der Waals surface area (Å²) >= 11 is 0. The van der Waals surface area contributed by atoms with Crippen molar-refractivity contribution in [3.05, 3.63) is 35.8 Å². The second kappa shape index (κ2) is 8.33. The van der Waals surface area contributed by atoms with Gasteiger partial charge in [-0.3, -0.25) is 0 Å². The zero-order valence-electron chi connectivity index (χ0n) is 13.8. The Morgan fingerprint density at radius 1 is 1.17 bits per heavy atom. The summed E-state index contributed by atoms with van der Waals surface area (Å²) in [4.78, 5) is 25.0. The lowest BCUT2D eigenvalue weighted by Gasteiger charge is -2.29. The third-order valence-corrected chi connectivity index (χ3v) is 3.79. The van der Waals surface area contributed by atoms with Crippen molar-refractivity contribution in [2.45, 2.75) is 19.3 Å². The average molecular weight is 336 g/mol. The van der Waals surface area contributed by atoms with E-state index in [-0.39, 0.29) is 11.5 Å². The third kappa shape index (κ3) is 4.47. The molecule has 130 valence electrons. The van der Waals surface area contributed by atoms with Crippen LogP contribution in [0.3, 0.4) is 0 Å². The molecule has 1 N–H and O–H groups in total. The highest BCUT2D eigenvalue weighted by Gasteiger charge is 2.17. The van der Waals surface area contributed by atoms with E-state index < -0.39 is 11.9 Å². The molecule has 1 aliphatic heterocycles. The summed E-state index contributed by atoms with van der Waals surface area (Å²) < 4.78 is 23.5. The second-order valence-corrected chi connectivity index (χ2v) is 5.41. The van der Waals surface area contributed by atoms with Gasteiger partial charge in [-0.2, -0.15) is 0 Å². The minimum Gasteiger partial charge on any atom is -0.466 e. The first-order valence-corrected chi connectivity index (χ1v) is 7.74. The van der Waals surface area contributed by atoms with Crippen LogP contribution in [-0.2, 0) is 19.1 Å². The molecule has 0 saturated carbocycles. The van der Waals surface area contributed by atoms with E-state index in [1.807, 2.05) is 4.90 Å². The molecule has 0 unspecified atom stereocenters. The van der Waals surface area contributed by atoms with Crippen LogP contribution in [0, 0.1) is 5.82 Å². The van der Waals surface area contributed by atoms with Crippen LogP contribution in [0.5, 0.6) is 0 Å². The minimum atomic E-state index is -0.749. The molecule has 1 aliphatic rings. The number of piperidine rings is 1. The highest BCUT2D eigenvalue weighted by atomic mass is 19.1. The van der Waals surface area contributed by atoms with E-state index in [9.17, 15) is 14.0 Å². The summed E-state index contributed by atoms with van der Waals surface area (Å²) in [5.41, 5.74) is 0.750. The average Bonchev–Trinajstić information content (AvgIpc) is 2.61. The number of ether oxygens (including phenoxy) is 2. The Morgan fingerprint density at radius 2 is 1.88 bits per heavy atom. The molecule has 1 saturated heterocycles. The van der Waals surface area contributed by atoms with Gasteiger partial charge in [0.15, 0.2) is 0 Å². The molecule has 1 heterocycles. The minimum absolute atomic E-state index is 0.130. The first-order valence-electron chi connectivity index (χ1n) is 7.74. The molecule has 0 radical (unpaired) electrons. The van der Waals surface area contributed by atoms with Crippen molar-refractivity contribution >= 4 is 23.3 Å². The fraction of sp³-hybridized carbons (Fsp3) is 0.412. The number of carbonyl (C=O) groups excluding carboxylic acids is 2. The summed E-state index contributed by atoms with van der Waals surface area (Å²) in [7, 11) is 2.38. The molecular weight excluding hydrogens is 315 g/mol. The molecule has 0 bridgehead atoms. The molecule has 1 aromatic rings. The molecule has 1 fully saturated rings. The maximum absolute atomic E-state index is 14.4. The zero-order chi connectivity index (χ0) is 17.5. The number of methoxy groups -OCH3 is 2. The smallest absolute Gasteiger partial charge is 0.354 e. The van der Waals surface area contributed by atoms with Crippen LogP contribution in [0.4, 0.5) is 15.8 Å². The maximum Gasteiger partial charge on any atom is 0.354 e. The first-order chi connectivity index (χ1) is 11.5. The Hall–Kier alpha value is -2.57. The molecule has 7 heteroatoms. The normalized spacial score (nSPS) is 15.0. The Balaban J connectivity index is 2.18. The summed E-state index contributed by atoms with van der Waals surface area (Å²) in [5.74, 6) is -1.85. The van der Waals surface area contributed by atoms with Gasteiger partial charge in [-0.1, -0.05) is 0 Å². The van der Waals surface area contributed by atoms with Crippen molar-refractivity contribution in [3.8, 4) is 0 Å². The van der Waals surface area contributed by atoms with Gasteiger partial charge < -0.3 is 19.7 Å². The summed E-state index contributed by atoms with van der Waals surface area (Å²) in [6.07, 6.45) is 4.22. The van der Waals surface area contributed by atoms with Gasteiger partial charge in [-0.25, -0.2) is 14.0 Å². The summed E-state index contributed by atoms with van der Waals surface area (Å²) in [5, 5.41) is 2.69. The highest BCUT2D eigenvalue weighted by Crippen LogP contribution is 2.26. The zero-order valence-corrected chi connectivity index (χ0v) is 13.8. The molecular formula is C17H21FN2O4. The number of nitrogens with zero attached hydrogens (tertiary/aromatic N) is 1. The van der Waals surface area contributed by atoms with E-state index in [0.29, 0.717) is 11.4 Å². The first kappa shape index (κ1) is 17.8. The van der Waals surface area contributed by atoms with E-state index >= 15 is 0 Å². The van der Waals surface area contributed by atoms with Gasteiger partial charge in [0.2, 0.25) is 0 Å². The summed E-state index contributed by atoms with van der Waals surface area (Å²) in [6.45, 7) is 1.67. The Bertz CT molecular complexity index is 639. The van der Waals surface area contributed by atoms with Gasteiger partial charge >= 0.3 is 11.9 Å². The molecule has 0 atom stereocenters. The fourth-order valence-corrected chi connectivity index (χ4v) is 2.56. The van der Waals surface area contributed by atoms with E-state index in [1.54, 1.807) is 12.1 Å². The van der Waals surface area contributed by atoms with Crippen LogP contribution >= 0.6 is 0 Å². The lowest BCUT2D eigenvalue weighted by atomic mass is 10.1. The number of rotatable bonds is 5. The van der Waals surface area contributed by atoms with Crippen molar-refractivity contribution in [2.24, 2.45) is 0 Å². The number of benzene rings is 1. The predicted molar refractivity (Wildman–Crippen MR) is 88.2 cm³/mol. The highest BCUT2D eigenvalue weighted by molar-refractivity contribution is 5.98. The van der Waals surface area contributed by atoms with Gasteiger partial charge in [0.05, 0.1) is 26.0 Å². The van der Waals surface area contributed by atoms with Crippen molar-refractivity contribution in [2.75, 3.05) is 37.5 Å². The number of hydrogen-bond acceptors (Lipinski definition) is 6. The molecule has 0 aromatic heterocycles. The van der Waals surface area contributed by atoms with Crippen molar-refractivity contribution in [1.29, 1.82) is 0 Å². The van der Waals surface area contributed by atoms with Crippen LogP contribution < -0.4 is 10.2 Å². The number of esters is 2. The number of carbonyl (C=O) groups is 2. The summed E-state index contributed by atoms with van der Waals surface area (Å²) in [6, 6.07) is 4.61. The molecule has 2 rings (SSSR count). The fourth-order valence-electron chi connectivity index (χ4n) is 2.56. The van der Waals surface area contributed by atoms with E-state index in [4.69, 9.17) is 0 Å². The van der Waals surface area contributed by atoms with Crippen molar-refractivity contribution < 1.29 is 23.5 Å². The molecule has 24 heavy (non-hydrogen) atoms. The van der Waals surface area contributed by atoms with Crippen LogP contribution in [0.25, 0.3) is 0 Å². The number of anilines is 2. The van der Waals surface area contributed by atoms with Gasteiger partial charge in [-0.15, -0.1) is 0 Å². The largest absolute Gasteiger partial charge is 0.466 e. The second-order valence-electron chi connectivity index (χ2n) is 5.41. The SMILES string of the molecule is COC(=O)/C=C(/Nc1ccc(N2CCCCC2)c(F)c1)C(=O)OC. The van der Waals surface area contributed by atoms with Crippen LogP contribution in [0.15, 0.2) is 30.0 Å². The molecule has 0 aliphatic carbocycles. The Morgan fingerprint density at radius 3 is 2.46 bits per heavy atom. The van der Waals surface area contributed by atoms with Gasteiger partial charge in [0.25, 0.3) is 0 Å². The van der Waals surface area contributed by atoms with Crippen molar-refractivity contribution in [1.82, 2.24) is 0 Å². The Kier molecular flexibility index (Phi) is 6.17. The monoisotopic (exact) mass is 336 g/mol. The topological polar surface area (TPSA) is 67.9 Å². The number of hydrogen-bond donors (Lipinski definition) is 1. The van der Waals surface area contributed by atoms with Crippen LogP contribution in [0.1, 0.15) is 19.3 Å². The molecule has 0 amide bonds. The van der Waals surface area contributed by atoms with Gasteiger partial charge in [0, 0.05) is 18.8 Å². The quantitative estimate of drug-likeness (QED) is 0.658. The van der Waals surface area contributed by atoms with Gasteiger partial charge in [-0.05, 0) is 37.5 Å². The van der Waals surface area contributed by atoms with Gasteiger partial charge in [0.1, 0.15) is 11.5 Å². The molecule has 1 aromatic carbocycles. The predicted octanol–water partition coefficient (Wildman–Crippen LogP) is 2.46. The van der Waals surface area contributed by atoms with E-state index in [1.165, 1.54) is 26.7 Å². The Labute approximate surface area is 140 Å². The standard InChI is InChI=1S/C17H21FN2O4/c1-23-16(21)11-14(17(22)24-2)19-12-6-7-15(13(18)10-12)20-8-4-3-5-9-20/h6-7,10-11,19H,3-5,8-9H2,1-2H3/b14-11+. The molecule has 0 spiro atoms. The number of nitrogens with one attached hydrogen (secondary N) is 1. The molecule has 6 nitrogen and oxygen atoms in total. The van der Waals surface area contributed by atoms with Crippen LogP contribution in [-0.4, -0.2) is 39.2 Å². The third-order valence-electron chi connectivity index (χ3n) is 3.79. The lowest BCUT2D eigenvalue weighted by Crippen LogP contribution is -2.30. The number of halogens is 1.